The maximum absolute atomic E-state index is 5.65. The molecular weight excluding hydrogens is 238 g/mol. The van der Waals surface area contributed by atoms with Crippen molar-refractivity contribution in [3.05, 3.63) is 0 Å². The van der Waals surface area contributed by atoms with Crippen molar-refractivity contribution in [2.45, 2.75) is 32.2 Å². The monoisotopic (exact) mass is 269 g/mol. The third-order valence-corrected chi connectivity index (χ3v) is 4.40. The Hall–Kier alpha value is -0.160. The smallest absolute Gasteiger partial charge is 0.0623 e. The topological polar surface area (TPSA) is 27.7 Å². The summed E-state index contributed by atoms with van der Waals surface area (Å²) in [6, 6.07) is 0.564. The van der Waals surface area contributed by atoms with Gasteiger partial charge in [-0.05, 0) is 45.9 Å². The molecule has 2 rings (SSSR count). The molecule has 0 spiro atoms. The summed E-state index contributed by atoms with van der Waals surface area (Å²) >= 11 is 0. The largest absolute Gasteiger partial charge is 0.379 e. The van der Waals surface area contributed by atoms with Crippen molar-refractivity contribution in [1.82, 2.24) is 15.1 Å². The summed E-state index contributed by atoms with van der Waals surface area (Å²) < 4.78 is 5.65. The number of hydrogen-bond donors (Lipinski definition) is 1. The zero-order chi connectivity index (χ0) is 13.5. The van der Waals surface area contributed by atoms with Crippen molar-refractivity contribution in [2.75, 3.05) is 59.5 Å². The SMILES string of the molecule is CCCNC1COCC1CN(C)CCN1CCCC1. The zero-order valence-electron chi connectivity index (χ0n) is 12.7. The van der Waals surface area contributed by atoms with Crippen LogP contribution in [0.2, 0.25) is 0 Å². The van der Waals surface area contributed by atoms with Crippen molar-refractivity contribution >= 4 is 0 Å². The molecular formula is C15H31N3O. The van der Waals surface area contributed by atoms with E-state index in [4.69, 9.17) is 4.74 Å². The maximum atomic E-state index is 5.65. The molecule has 0 amide bonds. The summed E-state index contributed by atoms with van der Waals surface area (Å²) in [7, 11) is 2.26. The van der Waals surface area contributed by atoms with Gasteiger partial charge in [-0.3, -0.25) is 0 Å². The van der Waals surface area contributed by atoms with Crippen LogP contribution in [0.5, 0.6) is 0 Å². The normalized spacial score (nSPS) is 28.6. The molecule has 2 saturated heterocycles. The lowest BCUT2D eigenvalue weighted by atomic mass is 10.0. The summed E-state index contributed by atoms with van der Waals surface area (Å²) in [6.07, 6.45) is 3.99. The van der Waals surface area contributed by atoms with Gasteiger partial charge in [0.05, 0.1) is 13.2 Å². The number of nitrogens with one attached hydrogen (secondary N) is 1. The van der Waals surface area contributed by atoms with Gasteiger partial charge in [-0.15, -0.1) is 0 Å². The second kappa shape index (κ2) is 8.20. The first-order valence-electron chi connectivity index (χ1n) is 8.01. The molecule has 4 heteroatoms. The number of rotatable bonds is 8. The van der Waals surface area contributed by atoms with Crippen LogP contribution in [0.4, 0.5) is 0 Å². The van der Waals surface area contributed by atoms with Gasteiger partial charge >= 0.3 is 0 Å². The minimum atomic E-state index is 0.564. The molecule has 0 aromatic heterocycles. The van der Waals surface area contributed by atoms with Crippen LogP contribution in [-0.4, -0.2) is 75.4 Å². The van der Waals surface area contributed by atoms with Gasteiger partial charge in [0.1, 0.15) is 0 Å². The van der Waals surface area contributed by atoms with Crippen molar-refractivity contribution in [3.8, 4) is 0 Å². The van der Waals surface area contributed by atoms with E-state index in [0.29, 0.717) is 12.0 Å². The van der Waals surface area contributed by atoms with Gasteiger partial charge in [-0.1, -0.05) is 6.92 Å². The molecule has 2 unspecified atom stereocenters. The lowest BCUT2D eigenvalue weighted by Crippen LogP contribution is -2.42. The number of nitrogens with zero attached hydrogens (tertiary/aromatic N) is 2. The number of ether oxygens (including phenoxy) is 1. The van der Waals surface area contributed by atoms with Gasteiger partial charge in [-0.25, -0.2) is 0 Å². The minimum Gasteiger partial charge on any atom is -0.379 e. The molecule has 2 atom stereocenters. The first-order chi connectivity index (χ1) is 9.29. The summed E-state index contributed by atoms with van der Waals surface area (Å²) in [5.74, 6) is 0.662. The molecule has 1 N–H and O–H groups in total. The Morgan fingerprint density at radius 1 is 1.26 bits per heavy atom. The highest BCUT2D eigenvalue weighted by Gasteiger charge is 2.28. The van der Waals surface area contributed by atoms with Crippen molar-refractivity contribution < 1.29 is 4.74 Å². The van der Waals surface area contributed by atoms with E-state index in [0.717, 1.165) is 26.3 Å². The fraction of sp³-hybridized carbons (Fsp3) is 1.00. The summed E-state index contributed by atoms with van der Waals surface area (Å²) in [5, 5.41) is 3.62. The van der Waals surface area contributed by atoms with Crippen LogP contribution in [0.3, 0.4) is 0 Å². The van der Waals surface area contributed by atoms with E-state index in [-0.39, 0.29) is 0 Å². The molecule has 0 radical (unpaired) electrons. The summed E-state index contributed by atoms with van der Waals surface area (Å²) in [4.78, 5) is 5.08. The Bertz CT molecular complexity index is 244. The van der Waals surface area contributed by atoms with Crippen molar-refractivity contribution in [1.29, 1.82) is 0 Å². The molecule has 2 aliphatic heterocycles. The van der Waals surface area contributed by atoms with Gasteiger partial charge < -0.3 is 19.9 Å². The molecule has 0 aromatic rings. The first-order valence-corrected chi connectivity index (χ1v) is 8.01. The Morgan fingerprint density at radius 2 is 2.05 bits per heavy atom. The van der Waals surface area contributed by atoms with Crippen molar-refractivity contribution in [3.63, 3.8) is 0 Å². The van der Waals surface area contributed by atoms with E-state index < -0.39 is 0 Å². The van der Waals surface area contributed by atoms with Gasteiger partial charge in [-0.2, -0.15) is 0 Å². The highest BCUT2D eigenvalue weighted by atomic mass is 16.5. The zero-order valence-corrected chi connectivity index (χ0v) is 12.7. The van der Waals surface area contributed by atoms with Crippen molar-refractivity contribution in [2.24, 2.45) is 5.92 Å². The van der Waals surface area contributed by atoms with Crippen LogP contribution in [0, 0.1) is 5.92 Å². The van der Waals surface area contributed by atoms with E-state index in [1.807, 2.05) is 0 Å². The van der Waals surface area contributed by atoms with E-state index >= 15 is 0 Å². The Balaban J connectivity index is 1.63. The average molecular weight is 269 g/mol. The van der Waals surface area contributed by atoms with Gasteiger partial charge in [0.2, 0.25) is 0 Å². The lowest BCUT2D eigenvalue weighted by molar-refractivity contribution is 0.170. The fourth-order valence-electron chi connectivity index (χ4n) is 3.14. The van der Waals surface area contributed by atoms with Gasteiger partial charge in [0.25, 0.3) is 0 Å². The highest BCUT2D eigenvalue weighted by molar-refractivity contribution is 4.83. The number of likely N-dealkylation sites (tertiary alicyclic amines) is 1. The van der Waals surface area contributed by atoms with Crippen LogP contribution in [-0.2, 0) is 4.74 Å². The third-order valence-electron chi connectivity index (χ3n) is 4.40. The second-order valence-electron chi connectivity index (χ2n) is 6.17. The fourth-order valence-corrected chi connectivity index (χ4v) is 3.14. The van der Waals surface area contributed by atoms with Crippen LogP contribution in [0.1, 0.15) is 26.2 Å². The molecule has 2 heterocycles. The standard InChI is InChI=1S/C15H31N3O/c1-3-6-16-15-13-19-12-14(15)11-17(2)9-10-18-7-4-5-8-18/h14-16H,3-13H2,1-2H3. The highest BCUT2D eigenvalue weighted by Crippen LogP contribution is 2.15. The van der Waals surface area contributed by atoms with Crippen LogP contribution in [0.15, 0.2) is 0 Å². The number of hydrogen-bond acceptors (Lipinski definition) is 4. The van der Waals surface area contributed by atoms with E-state index in [1.54, 1.807) is 0 Å². The third kappa shape index (κ3) is 5.03. The van der Waals surface area contributed by atoms with E-state index in [9.17, 15) is 0 Å². The maximum Gasteiger partial charge on any atom is 0.0623 e. The Labute approximate surface area is 118 Å². The summed E-state index contributed by atoms with van der Waals surface area (Å²) in [5.41, 5.74) is 0. The molecule has 0 bridgehead atoms. The lowest BCUT2D eigenvalue weighted by Gasteiger charge is -2.26. The van der Waals surface area contributed by atoms with Gasteiger partial charge in [0, 0.05) is 31.6 Å². The van der Waals surface area contributed by atoms with Crippen LogP contribution >= 0.6 is 0 Å². The average Bonchev–Trinajstić information content (AvgIpc) is 3.05. The summed E-state index contributed by atoms with van der Waals surface area (Å²) in [6.45, 7) is 11.4. The van der Waals surface area contributed by atoms with E-state index in [1.165, 1.54) is 45.4 Å². The molecule has 2 aliphatic rings. The molecule has 0 aromatic carbocycles. The molecule has 0 saturated carbocycles. The molecule has 112 valence electrons. The predicted octanol–water partition coefficient (Wildman–Crippen LogP) is 1.03. The Kier molecular flexibility index (Phi) is 6.57. The molecule has 2 fully saturated rings. The van der Waals surface area contributed by atoms with Gasteiger partial charge in [0.15, 0.2) is 0 Å². The van der Waals surface area contributed by atoms with Crippen LogP contribution < -0.4 is 5.32 Å². The minimum absolute atomic E-state index is 0.564. The first kappa shape index (κ1) is 15.2. The number of likely N-dealkylation sites (N-methyl/N-ethyl adjacent to an activating group) is 1. The predicted molar refractivity (Wildman–Crippen MR) is 79.6 cm³/mol. The molecule has 19 heavy (non-hydrogen) atoms. The van der Waals surface area contributed by atoms with E-state index in [2.05, 4.69) is 29.1 Å². The molecule has 4 nitrogen and oxygen atoms in total. The molecule has 0 aliphatic carbocycles. The Morgan fingerprint density at radius 3 is 2.79 bits per heavy atom. The second-order valence-corrected chi connectivity index (χ2v) is 6.17. The van der Waals surface area contributed by atoms with Crippen LogP contribution in [0.25, 0.3) is 0 Å². The quantitative estimate of drug-likeness (QED) is 0.712.